The Bertz CT molecular complexity index is 1310. The number of aromatic nitrogens is 2. The Hall–Kier alpha value is -4.41. The molecule has 3 aromatic rings. The van der Waals surface area contributed by atoms with Crippen LogP contribution in [-0.4, -0.2) is 40.3 Å². The van der Waals surface area contributed by atoms with Crippen molar-refractivity contribution >= 4 is 17.4 Å². The van der Waals surface area contributed by atoms with Gasteiger partial charge in [-0.3, -0.25) is 29.8 Å². The molecule has 2 heterocycles. The van der Waals surface area contributed by atoms with Gasteiger partial charge in [-0.15, -0.1) is 0 Å². The molecule has 0 saturated carbocycles. The first-order valence-corrected chi connectivity index (χ1v) is 9.93. The lowest BCUT2D eigenvalue weighted by molar-refractivity contribution is -0.384. The summed E-state index contributed by atoms with van der Waals surface area (Å²) in [4.78, 5) is 40.1. The number of aromatic amines is 1. The minimum atomic E-state index is -0.531. The number of carbonyl (C=O) groups is 1. The molecular formula is C22H20N4O7. The Labute approximate surface area is 187 Å². The van der Waals surface area contributed by atoms with Crippen molar-refractivity contribution in [1.29, 1.82) is 0 Å². The van der Waals surface area contributed by atoms with E-state index in [9.17, 15) is 19.7 Å². The summed E-state index contributed by atoms with van der Waals surface area (Å²) in [5.74, 6) is 0.766. The number of benzene rings is 2. The summed E-state index contributed by atoms with van der Waals surface area (Å²) in [6, 6.07) is 10.9. The number of ether oxygens (including phenoxy) is 3. The molecule has 11 heteroatoms. The van der Waals surface area contributed by atoms with Gasteiger partial charge in [0.1, 0.15) is 0 Å². The van der Waals surface area contributed by atoms with Gasteiger partial charge in [-0.1, -0.05) is 6.07 Å². The monoisotopic (exact) mass is 452 g/mol. The second-order valence-electron chi connectivity index (χ2n) is 7.22. The van der Waals surface area contributed by atoms with Gasteiger partial charge in [-0.2, -0.15) is 0 Å². The molecule has 0 bridgehead atoms. The number of nitrogens with one attached hydrogen (secondary N) is 1. The first-order valence-electron chi connectivity index (χ1n) is 9.93. The van der Waals surface area contributed by atoms with E-state index in [2.05, 4.69) is 10.1 Å². The maximum absolute atomic E-state index is 13.2. The number of nitrogens with zero attached hydrogens (tertiary/aromatic N) is 3. The second-order valence-corrected chi connectivity index (χ2v) is 7.22. The lowest BCUT2D eigenvalue weighted by Gasteiger charge is -2.03. The number of nitro groups is 1. The zero-order chi connectivity index (χ0) is 23.5. The average Bonchev–Trinajstić information content (AvgIpc) is 3.41. The van der Waals surface area contributed by atoms with E-state index in [0.717, 1.165) is 5.56 Å². The van der Waals surface area contributed by atoms with Crippen LogP contribution in [0.4, 0.5) is 5.69 Å². The highest BCUT2D eigenvalue weighted by Gasteiger charge is 2.21. The summed E-state index contributed by atoms with van der Waals surface area (Å²) in [6.45, 7) is 2.13. The van der Waals surface area contributed by atoms with Crippen LogP contribution in [0.5, 0.6) is 11.5 Å². The molecule has 4 rings (SSSR count). The molecule has 0 fully saturated rings. The van der Waals surface area contributed by atoms with Crippen LogP contribution in [0.15, 0.2) is 52.3 Å². The number of nitro benzene ring substituents is 1. The Morgan fingerprint density at radius 2 is 1.94 bits per heavy atom. The second kappa shape index (κ2) is 8.99. The van der Waals surface area contributed by atoms with E-state index in [4.69, 9.17) is 14.2 Å². The minimum absolute atomic E-state index is 0.102. The normalized spacial score (nSPS) is 12.6. The molecule has 0 aliphatic carbocycles. The lowest BCUT2D eigenvalue weighted by Crippen LogP contribution is -2.20. The van der Waals surface area contributed by atoms with Gasteiger partial charge in [0.15, 0.2) is 11.5 Å². The summed E-state index contributed by atoms with van der Waals surface area (Å²) in [5, 5.41) is 13.8. The van der Waals surface area contributed by atoms with E-state index in [0.29, 0.717) is 28.6 Å². The van der Waals surface area contributed by atoms with Gasteiger partial charge in [-0.25, -0.2) is 4.68 Å². The summed E-state index contributed by atoms with van der Waals surface area (Å²) in [7, 11) is 1.26. The van der Waals surface area contributed by atoms with Crippen LogP contribution in [0.25, 0.3) is 5.69 Å². The van der Waals surface area contributed by atoms with E-state index >= 15 is 0 Å². The van der Waals surface area contributed by atoms with Crippen molar-refractivity contribution in [2.45, 2.75) is 19.9 Å². The van der Waals surface area contributed by atoms with Gasteiger partial charge < -0.3 is 14.2 Å². The molecule has 1 aliphatic rings. The molecule has 0 unspecified atom stereocenters. The van der Waals surface area contributed by atoms with E-state index in [-0.39, 0.29) is 31.0 Å². The molecule has 0 radical (unpaired) electrons. The van der Waals surface area contributed by atoms with Crippen molar-refractivity contribution in [1.82, 2.24) is 9.78 Å². The van der Waals surface area contributed by atoms with E-state index in [1.165, 1.54) is 36.1 Å². The van der Waals surface area contributed by atoms with Crippen molar-refractivity contribution in [2.24, 2.45) is 4.99 Å². The summed E-state index contributed by atoms with van der Waals surface area (Å²) in [5.41, 5.74) is 1.69. The third-order valence-electron chi connectivity index (χ3n) is 5.13. The molecule has 33 heavy (non-hydrogen) atoms. The summed E-state index contributed by atoms with van der Waals surface area (Å²) in [6.07, 6.45) is -0.169. The number of H-pyrrole nitrogens is 1. The predicted octanol–water partition coefficient (Wildman–Crippen LogP) is 2.53. The Morgan fingerprint density at radius 3 is 2.64 bits per heavy atom. The number of carbonyl (C=O) groups excluding carboxylic acids is 1. The molecule has 1 N–H and O–H groups in total. The Kier molecular flexibility index (Phi) is 5.94. The smallest absolute Gasteiger partial charge is 0.311 e. The molecular weight excluding hydrogens is 432 g/mol. The van der Waals surface area contributed by atoms with Crippen molar-refractivity contribution in [3.63, 3.8) is 0 Å². The van der Waals surface area contributed by atoms with Gasteiger partial charge >= 0.3 is 5.97 Å². The molecule has 1 aliphatic heterocycles. The van der Waals surface area contributed by atoms with E-state index in [1.807, 2.05) is 12.1 Å². The Morgan fingerprint density at radius 1 is 1.21 bits per heavy atom. The third kappa shape index (κ3) is 4.47. The van der Waals surface area contributed by atoms with Gasteiger partial charge in [-0.05, 0) is 36.8 Å². The first kappa shape index (κ1) is 21.8. The SMILES string of the molecule is COC(=O)Cc1[nH]n(-c2ccc([N+](=O)[O-])cc2)c(=O)c1C(C)=NCc1ccc2c(c1)OCO2. The van der Waals surface area contributed by atoms with Crippen molar-refractivity contribution in [2.75, 3.05) is 13.9 Å². The highest BCUT2D eigenvalue weighted by atomic mass is 16.7. The van der Waals surface area contributed by atoms with Gasteiger partial charge in [0, 0.05) is 17.8 Å². The molecule has 170 valence electrons. The standard InChI is InChI=1S/C22H20N4O7/c1-13(23-11-14-3-8-18-19(9-14)33-12-32-18)21-17(10-20(27)31-2)24-25(22(21)28)15-4-6-16(7-5-15)26(29)30/h3-9,24H,10-12H2,1-2H3. The van der Waals surface area contributed by atoms with Crippen LogP contribution in [0.2, 0.25) is 0 Å². The summed E-state index contributed by atoms with van der Waals surface area (Å²) >= 11 is 0. The topological polar surface area (TPSA) is 138 Å². The predicted molar refractivity (Wildman–Crippen MR) is 117 cm³/mol. The van der Waals surface area contributed by atoms with Crippen LogP contribution in [0.3, 0.4) is 0 Å². The van der Waals surface area contributed by atoms with Gasteiger partial charge in [0.2, 0.25) is 6.79 Å². The number of fused-ring (bicyclic) bond motifs is 1. The van der Waals surface area contributed by atoms with Crippen LogP contribution < -0.4 is 15.0 Å². The maximum Gasteiger partial charge on any atom is 0.311 e. The largest absolute Gasteiger partial charge is 0.469 e. The average molecular weight is 452 g/mol. The number of non-ortho nitro benzene ring substituents is 1. The number of hydrogen-bond donors (Lipinski definition) is 1. The number of hydrogen-bond acceptors (Lipinski definition) is 8. The van der Waals surface area contributed by atoms with Crippen LogP contribution in [0, 0.1) is 10.1 Å². The van der Waals surface area contributed by atoms with Crippen LogP contribution in [0.1, 0.15) is 23.7 Å². The highest BCUT2D eigenvalue weighted by Crippen LogP contribution is 2.32. The number of aliphatic imine (C=N–C) groups is 1. The fourth-order valence-corrected chi connectivity index (χ4v) is 3.43. The lowest BCUT2D eigenvalue weighted by atomic mass is 10.1. The quantitative estimate of drug-likeness (QED) is 0.252. The number of methoxy groups -OCH3 is 1. The zero-order valence-corrected chi connectivity index (χ0v) is 17.9. The number of esters is 1. The van der Waals surface area contributed by atoms with Crippen molar-refractivity contribution < 1.29 is 23.9 Å². The number of rotatable bonds is 7. The van der Waals surface area contributed by atoms with Gasteiger partial charge in [0.25, 0.3) is 11.2 Å². The Balaban J connectivity index is 1.69. The van der Waals surface area contributed by atoms with Crippen LogP contribution >= 0.6 is 0 Å². The van der Waals surface area contributed by atoms with Crippen molar-refractivity contribution in [3.8, 4) is 17.2 Å². The molecule has 1 aromatic heterocycles. The molecule has 0 spiro atoms. The fraction of sp³-hybridized carbons (Fsp3) is 0.227. The molecule has 0 saturated heterocycles. The van der Waals surface area contributed by atoms with Crippen LogP contribution in [-0.2, 0) is 22.5 Å². The van der Waals surface area contributed by atoms with E-state index in [1.54, 1.807) is 13.0 Å². The molecule has 11 nitrogen and oxygen atoms in total. The first-order chi connectivity index (χ1) is 15.9. The fourth-order valence-electron chi connectivity index (χ4n) is 3.43. The maximum atomic E-state index is 13.2. The zero-order valence-electron chi connectivity index (χ0n) is 17.9. The molecule has 0 atom stereocenters. The summed E-state index contributed by atoms with van der Waals surface area (Å²) < 4.78 is 16.6. The third-order valence-corrected chi connectivity index (χ3v) is 5.13. The van der Waals surface area contributed by atoms with Crippen molar-refractivity contribution in [3.05, 3.63) is 79.8 Å². The molecule has 2 aromatic carbocycles. The highest BCUT2D eigenvalue weighted by molar-refractivity contribution is 6.00. The molecule has 0 amide bonds. The van der Waals surface area contributed by atoms with E-state index < -0.39 is 16.5 Å². The minimum Gasteiger partial charge on any atom is -0.469 e. The van der Waals surface area contributed by atoms with Gasteiger partial charge in [0.05, 0.1) is 41.9 Å².